The minimum Gasteiger partial charge on any atom is -0.491 e. The smallest absolute Gasteiger partial charge is 0.251 e. The van der Waals surface area contributed by atoms with Gasteiger partial charge in [-0.3, -0.25) is 9.59 Å². The van der Waals surface area contributed by atoms with Gasteiger partial charge in [0.25, 0.3) is 5.91 Å². The Morgan fingerprint density at radius 1 is 0.971 bits per heavy atom. The van der Waals surface area contributed by atoms with Gasteiger partial charge >= 0.3 is 0 Å². The van der Waals surface area contributed by atoms with Crippen molar-refractivity contribution in [3.8, 4) is 17.2 Å². The summed E-state index contributed by atoms with van der Waals surface area (Å²) in [4.78, 5) is 28.3. The number of ether oxygens (including phenoxy) is 3. The standard InChI is InChI=1S/C27H24N2O5/c1-17-7-2-3-8-18(17)25(30)28-11-6-12-29-21-10-5-4-9-19(21)27(26(29)31)15-32-22-14-24-23(13-20(22)27)33-16-34-24/h2-5,7-10,13-14H,6,11-12,15-16H2,1H3,(H,28,30). The van der Waals surface area contributed by atoms with Gasteiger partial charge in [-0.25, -0.2) is 0 Å². The Labute approximate surface area is 197 Å². The van der Waals surface area contributed by atoms with Crippen LogP contribution >= 0.6 is 0 Å². The molecular formula is C27H24N2O5. The Bertz CT molecular complexity index is 1320. The number of anilines is 1. The Morgan fingerprint density at radius 2 is 1.74 bits per heavy atom. The highest BCUT2D eigenvalue weighted by atomic mass is 16.7. The van der Waals surface area contributed by atoms with Gasteiger partial charge in [0, 0.05) is 36.0 Å². The first-order chi connectivity index (χ1) is 16.6. The SMILES string of the molecule is Cc1ccccc1C(=O)NCCCN1C(=O)C2(COc3cc4c(cc32)OCO4)c2ccccc21. The molecule has 172 valence electrons. The topological polar surface area (TPSA) is 77.1 Å². The molecule has 3 aliphatic rings. The molecule has 0 radical (unpaired) electrons. The summed E-state index contributed by atoms with van der Waals surface area (Å²) in [5, 5.41) is 2.98. The van der Waals surface area contributed by atoms with Crippen LogP contribution in [-0.4, -0.2) is 38.3 Å². The van der Waals surface area contributed by atoms with E-state index >= 15 is 0 Å². The summed E-state index contributed by atoms with van der Waals surface area (Å²) < 4.78 is 17.1. The highest BCUT2D eigenvalue weighted by Crippen LogP contribution is 2.54. The first kappa shape index (κ1) is 20.6. The van der Waals surface area contributed by atoms with Gasteiger partial charge in [0.2, 0.25) is 12.7 Å². The molecule has 0 saturated carbocycles. The average Bonchev–Trinajstić information content (AvgIpc) is 3.52. The van der Waals surface area contributed by atoms with Crippen LogP contribution < -0.4 is 24.4 Å². The van der Waals surface area contributed by atoms with E-state index in [1.165, 1.54) is 0 Å². The van der Waals surface area contributed by atoms with E-state index in [0.29, 0.717) is 42.3 Å². The lowest BCUT2D eigenvalue weighted by Crippen LogP contribution is -2.43. The summed E-state index contributed by atoms with van der Waals surface area (Å²) in [5.74, 6) is 1.80. The number of hydrogen-bond donors (Lipinski definition) is 1. The number of rotatable bonds is 5. The third kappa shape index (κ3) is 2.96. The maximum Gasteiger partial charge on any atom is 0.251 e. The third-order valence-electron chi connectivity index (χ3n) is 6.88. The summed E-state index contributed by atoms with van der Waals surface area (Å²) >= 11 is 0. The van der Waals surface area contributed by atoms with Crippen molar-refractivity contribution in [3.05, 3.63) is 82.9 Å². The molecule has 3 aliphatic heterocycles. The quantitative estimate of drug-likeness (QED) is 0.594. The van der Waals surface area contributed by atoms with E-state index in [0.717, 1.165) is 22.4 Å². The van der Waals surface area contributed by atoms with Gasteiger partial charge < -0.3 is 24.4 Å². The van der Waals surface area contributed by atoms with E-state index < -0.39 is 5.41 Å². The molecule has 0 saturated heterocycles. The molecule has 1 spiro atoms. The van der Waals surface area contributed by atoms with Gasteiger partial charge in [0.05, 0.1) is 0 Å². The van der Waals surface area contributed by atoms with Crippen LogP contribution in [0.4, 0.5) is 5.69 Å². The summed E-state index contributed by atoms with van der Waals surface area (Å²) in [7, 11) is 0. The molecular weight excluding hydrogens is 432 g/mol. The number of amides is 2. The highest BCUT2D eigenvalue weighted by Gasteiger charge is 2.57. The molecule has 1 N–H and O–H groups in total. The zero-order valence-corrected chi connectivity index (χ0v) is 18.8. The zero-order valence-electron chi connectivity index (χ0n) is 18.8. The van der Waals surface area contributed by atoms with Crippen LogP contribution in [0.2, 0.25) is 0 Å². The second kappa shape index (κ2) is 7.80. The van der Waals surface area contributed by atoms with Crippen LogP contribution in [0.5, 0.6) is 17.2 Å². The first-order valence-electron chi connectivity index (χ1n) is 11.4. The lowest BCUT2D eigenvalue weighted by molar-refractivity contribution is -0.122. The lowest BCUT2D eigenvalue weighted by atomic mass is 9.77. The van der Waals surface area contributed by atoms with Crippen molar-refractivity contribution in [2.75, 3.05) is 31.4 Å². The number of benzene rings is 3. The van der Waals surface area contributed by atoms with Crippen molar-refractivity contribution >= 4 is 17.5 Å². The van der Waals surface area contributed by atoms with Crippen molar-refractivity contribution in [2.45, 2.75) is 18.8 Å². The maximum absolute atomic E-state index is 13.9. The van der Waals surface area contributed by atoms with Crippen LogP contribution in [0.3, 0.4) is 0 Å². The molecule has 0 aliphatic carbocycles. The molecule has 3 aromatic rings. The fourth-order valence-electron chi connectivity index (χ4n) is 5.15. The van der Waals surface area contributed by atoms with Gasteiger partial charge in [0.15, 0.2) is 11.5 Å². The number of carbonyl (C=O) groups excluding carboxylic acids is 2. The number of nitrogens with zero attached hydrogens (tertiary/aromatic N) is 1. The molecule has 3 aromatic carbocycles. The van der Waals surface area contributed by atoms with Crippen LogP contribution in [0.25, 0.3) is 0 Å². The summed E-state index contributed by atoms with van der Waals surface area (Å²) in [6, 6.07) is 19.1. The predicted octanol–water partition coefficient (Wildman–Crippen LogP) is 3.57. The zero-order chi connectivity index (χ0) is 23.3. The van der Waals surface area contributed by atoms with Crippen molar-refractivity contribution in [2.24, 2.45) is 0 Å². The van der Waals surface area contributed by atoms with E-state index in [2.05, 4.69) is 5.32 Å². The first-order valence-corrected chi connectivity index (χ1v) is 11.4. The van der Waals surface area contributed by atoms with E-state index in [4.69, 9.17) is 14.2 Å². The number of para-hydroxylation sites is 1. The molecule has 1 unspecified atom stereocenters. The molecule has 7 nitrogen and oxygen atoms in total. The molecule has 0 aromatic heterocycles. The second-order valence-electron chi connectivity index (χ2n) is 8.79. The lowest BCUT2D eigenvalue weighted by Gasteiger charge is -2.23. The van der Waals surface area contributed by atoms with Crippen LogP contribution in [0.1, 0.15) is 33.5 Å². The number of aryl methyl sites for hydroxylation is 1. The van der Waals surface area contributed by atoms with Crippen LogP contribution in [0, 0.1) is 6.92 Å². The number of fused-ring (bicyclic) bond motifs is 5. The average molecular weight is 456 g/mol. The minimum atomic E-state index is -0.905. The van der Waals surface area contributed by atoms with E-state index in [1.54, 1.807) is 0 Å². The monoisotopic (exact) mass is 456 g/mol. The normalized spacial score (nSPS) is 19.2. The molecule has 0 bridgehead atoms. The van der Waals surface area contributed by atoms with Gasteiger partial charge in [0.1, 0.15) is 17.8 Å². The number of hydrogen-bond acceptors (Lipinski definition) is 5. The summed E-state index contributed by atoms with van der Waals surface area (Å²) in [5.41, 5.74) is 3.32. The number of carbonyl (C=O) groups is 2. The molecule has 34 heavy (non-hydrogen) atoms. The fraction of sp³-hybridized carbons (Fsp3) is 0.259. The fourth-order valence-corrected chi connectivity index (χ4v) is 5.15. The highest BCUT2D eigenvalue weighted by molar-refractivity contribution is 6.11. The summed E-state index contributed by atoms with van der Waals surface area (Å²) in [6.45, 7) is 3.28. The van der Waals surface area contributed by atoms with Crippen molar-refractivity contribution in [1.29, 1.82) is 0 Å². The van der Waals surface area contributed by atoms with Crippen LogP contribution in [0.15, 0.2) is 60.7 Å². The largest absolute Gasteiger partial charge is 0.491 e. The number of nitrogens with one attached hydrogen (secondary N) is 1. The predicted molar refractivity (Wildman–Crippen MR) is 126 cm³/mol. The maximum atomic E-state index is 13.9. The van der Waals surface area contributed by atoms with Crippen LogP contribution in [-0.2, 0) is 10.2 Å². The molecule has 7 heteroatoms. The van der Waals surface area contributed by atoms with Gasteiger partial charge in [-0.1, -0.05) is 36.4 Å². The van der Waals surface area contributed by atoms with Crippen molar-refractivity contribution in [1.82, 2.24) is 5.32 Å². The van der Waals surface area contributed by atoms with E-state index in [1.807, 2.05) is 72.5 Å². The minimum absolute atomic E-state index is 0.0171. The molecule has 0 fully saturated rings. The van der Waals surface area contributed by atoms with Crippen molar-refractivity contribution < 1.29 is 23.8 Å². The Morgan fingerprint density at radius 3 is 2.59 bits per heavy atom. The Kier molecular flexibility index (Phi) is 4.72. The van der Waals surface area contributed by atoms with E-state index in [9.17, 15) is 9.59 Å². The molecule has 6 rings (SSSR count). The Hall–Kier alpha value is -4.00. The van der Waals surface area contributed by atoms with Gasteiger partial charge in [-0.2, -0.15) is 0 Å². The summed E-state index contributed by atoms with van der Waals surface area (Å²) in [6.07, 6.45) is 0.628. The molecule has 3 heterocycles. The molecule has 2 amide bonds. The Balaban J connectivity index is 1.23. The van der Waals surface area contributed by atoms with Gasteiger partial charge in [-0.15, -0.1) is 0 Å². The van der Waals surface area contributed by atoms with Gasteiger partial charge in [-0.05, 0) is 42.7 Å². The second-order valence-corrected chi connectivity index (χ2v) is 8.79. The van der Waals surface area contributed by atoms with Crippen molar-refractivity contribution in [3.63, 3.8) is 0 Å². The molecule has 1 atom stereocenters. The van der Waals surface area contributed by atoms with E-state index in [-0.39, 0.29) is 25.2 Å². The third-order valence-corrected chi connectivity index (χ3v) is 6.88.